The van der Waals surface area contributed by atoms with E-state index in [0.717, 1.165) is 42.8 Å². The van der Waals surface area contributed by atoms with Gasteiger partial charge in [0.1, 0.15) is 5.82 Å². The van der Waals surface area contributed by atoms with Crippen molar-refractivity contribution >= 4 is 11.6 Å². The van der Waals surface area contributed by atoms with Crippen LogP contribution in [0.1, 0.15) is 99.3 Å². The smallest absolute Gasteiger partial charge is 0.363 e. The molecule has 2 aromatic carbocycles. The minimum absolute atomic E-state index is 0.0489. The minimum atomic E-state index is -4.39. The number of alkyl halides is 3. The fourth-order valence-corrected chi connectivity index (χ4v) is 5.88. The van der Waals surface area contributed by atoms with Crippen LogP contribution in [-0.4, -0.2) is 15.6 Å². The van der Waals surface area contributed by atoms with E-state index in [9.17, 15) is 18.0 Å². The number of ketones is 1. The van der Waals surface area contributed by atoms with Gasteiger partial charge in [0.2, 0.25) is 0 Å². The molecule has 1 N–H and O–H groups in total. The van der Waals surface area contributed by atoms with Crippen molar-refractivity contribution in [1.82, 2.24) is 9.78 Å². The first-order valence-corrected chi connectivity index (χ1v) is 13.2. The highest BCUT2D eigenvalue weighted by molar-refractivity contribution is 6.01. The van der Waals surface area contributed by atoms with Gasteiger partial charge in [-0.15, -0.1) is 0 Å². The van der Waals surface area contributed by atoms with Gasteiger partial charge in [0, 0.05) is 11.8 Å². The summed E-state index contributed by atoms with van der Waals surface area (Å²) in [6, 6.07) is 15.6. The quantitative estimate of drug-likeness (QED) is 0.294. The summed E-state index contributed by atoms with van der Waals surface area (Å²) in [5.41, 5.74) is 1.02. The molecule has 0 aliphatic carbocycles. The Morgan fingerprint density at radius 1 is 0.973 bits per heavy atom. The number of aromatic nitrogens is 2. The number of hydrogen-bond acceptors (Lipinski definition) is 3. The van der Waals surface area contributed by atoms with Crippen LogP contribution >= 0.6 is 0 Å². The second-order valence-electron chi connectivity index (χ2n) is 10.2. The summed E-state index contributed by atoms with van der Waals surface area (Å²) in [4.78, 5) is 13.9. The molecule has 198 valence electrons. The van der Waals surface area contributed by atoms with Crippen LogP contribution in [0.25, 0.3) is 0 Å². The summed E-state index contributed by atoms with van der Waals surface area (Å²) < 4.78 is 41.4. The number of rotatable bonds is 9. The van der Waals surface area contributed by atoms with Gasteiger partial charge in [0.05, 0.1) is 28.9 Å². The van der Waals surface area contributed by atoms with Gasteiger partial charge in [-0.05, 0) is 55.4 Å². The molecule has 0 amide bonds. The fourth-order valence-electron chi connectivity index (χ4n) is 5.88. The minimum Gasteiger partial charge on any atom is -0.363 e. The molecule has 37 heavy (non-hydrogen) atoms. The van der Waals surface area contributed by atoms with E-state index < -0.39 is 17.2 Å². The summed E-state index contributed by atoms with van der Waals surface area (Å²) >= 11 is 0. The molecule has 0 spiro atoms. The molecule has 0 radical (unpaired) electrons. The maximum atomic E-state index is 13.9. The normalized spacial score (nSPS) is 17.2. The monoisotopic (exact) mass is 511 g/mol. The molecule has 0 saturated carbocycles. The Hall–Kier alpha value is -3.09. The van der Waals surface area contributed by atoms with Crippen molar-refractivity contribution in [3.8, 4) is 0 Å². The van der Waals surface area contributed by atoms with Gasteiger partial charge >= 0.3 is 6.18 Å². The van der Waals surface area contributed by atoms with E-state index in [1.54, 1.807) is 6.20 Å². The molecule has 0 fully saturated rings. The van der Waals surface area contributed by atoms with Crippen molar-refractivity contribution in [1.29, 1.82) is 0 Å². The highest BCUT2D eigenvalue weighted by Gasteiger charge is 2.42. The summed E-state index contributed by atoms with van der Waals surface area (Å²) in [6.07, 6.45) is 1.39. The summed E-state index contributed by atoms with van der Waals surface area (Å²) in [7, 11) is 0. The maximum Gasteiger partial charge on any atom is 0.416 e. The van der Waals surface area contributed by atoms with Gasteiger partial charge in [-0.25, -0.2) is 4.68 Å². The fraction of sp³-hybridized carbons (Fsp3) is 0.467. The van der Waals surface area contributed by atoms with Crippen molar-refractivity contribution in [3.05, 3.63) is 83.0 Å². The summed E-state index contributed by atoms with van der Waals surface area (Å²) in [5.74, 6) is 0.689. The SMILES string of the molecule is CCC(CC)(CC(=O)c1cnn2c1NC(c1ccccc1)CC2(CC)CC)c1ccc(C(F)(F)F)cc1. The molecule has 1 atom stereocenters. The van der Waals surface area contributed by atoms with Crippen LogP contribution in [0.2, 0.25) is 0 Å². The highest BCUT2D eigenvalue weighted by atomic mass is 19.4. The first-order valence-electron chi connectivity index (χ1n) is 13.2. The Kier molecular flexibility index (Phi) is 7.54. The first kappa shape index (κ1) is 27.0. The molecular weight excluding hydrogens is 475 g/mol. The summed E-state index contributed by atoms with van der Waals surface area (Å²) in [5, 5.41) is 8.31. The van der Waals surface area contributed by atoms with Gasteiger partial charge in [-0.1, -0.05) is 70.2 Å². The number of carbonyl (C=O) groups excluding carboxylic acids is 1. The van der Waals surface area contributed by atoms with Crippen molar-refractivity contribution in [2.24, 2.45) is 0 Å². The maximum absolute atomic E-state index is 13.9. The molecule has 0 bridgehead atoms. The molecule has 1 aliphatic rings. The Morgan fingerprint density at radius 2 is 1.57 bits per heavy atom. The molecular formula is C30H36F3N3O. The molecule has 4 nitrogen and oxygen atoms in total. The van der Waals surface area contributed by atoms with Crippen molar-refractivity contribution in [2.45, 2.75) is 89.4 Å². The largest absolute Gasteiger partial charge is 0.416 e. The molecule has 3 aromatic rings. The van der Waals surface area contributed by atoms with E-state index in [0.29, 0.717) is 18.4 Å². The van der Waals surface area contributed by atoms with Crippen LogP contribution in [-0.2, 0) is 17.1 Å². The van der Waals surface area contributed by atoms with E-state index in [2.05, 4.69) is 31.3 Å². The third-order valence-electron chi connectivity index (χ3n) is 8.61. The number of nitrogens with one attached hydrogen (secondary N) is 1. The van der Waals surface area contributed by atoms with Crippen LogP contribution in [0.5, 0.6) is 0 Å². The van der Waals surface area contributed by atoms with Gasteiger partial charge in [0.15, 0.2) is 5.78 Å². The zero-order chi connectivity index (χ0) is 26.8. The third-order valence-corrected chi connectivity index (χ3v) is 8.61. The van der Waals surface area contributed by atoms with Crippen molar-refractivity contribution < 1.29 is 18.0 Å². The number of benzene rings is 2. The Morgan fingerprint density at radius 3 is 2.11 bits per heavy atom. The lowest BCUT2D eigenvalue weighted by Crippen LogP contribution is -2.42. The van der Waals surface area contributed by atoms with Gasteiger partial charge in [0.25, 0.3) is 0 Å². The predicted molar refractivity (Wildman–Crippen MR) is 141 cm³/mol. The molecule has 4 rings (SSSR count). The molecule has 0 saturated heterocycles. The lowest BCUT2D eigenvalue weighted by Gasteiger charge is -2.42. The Balaban J connectivity index is 1.70. The number of anilines is 1. The van der Waals surface area contributed by atoms with Crippen LogP contribution < -0.4 is 5.32 Å². The zero-order valence-corrected chi connectivity index (χ0v) is 22.0. The highest BCUT2D eigenvalue weighted by Crippen LogP contribution is 2.45. The number of nitrogens with zero attached hydrogens (tertiary/aromatic N) is 2. The number of halogens is 3. The van der Waals surface area contributed by atoms with E-state index >= 15 is 0 Å². The second-order valence-corrected chi connectivity index (χ2v) is 10.2. The zero-order valence-electron chi connectivity index (χ0n) is 22.0. The number of Topliss-reactive ketones (excluding diaryl/α,β-unsaturated/α-hetero) is 1. The average Bonchev–Trinajstić information content (AvgIpc) is 3.36. The molecule has 2 heterocycles. The van der Waals surface area contributed by atoms with E-state index in [1.165, 1.54) is 17.7 Å². The van der Waals surface area contributed by atoms with Crippen LogP contribution in [0.3, 0.4) is 0 Å². The molecule has 1 aromatic heterocycles. The van der Waals surface area contributed by atoms with Crippen molar-refractivity contribution in [2.75, 3.05) is 5.32 Å². The topological polar surface area (TPSA) is 46.9 Å². The lowest BCUT2D eigenvalue weighted by molar-refractivity contribution is -0.137. The first-order chi connectivity index (χ1) is 17.6. The third kappa shape index (κ3) is 4.92. The van der Waals surface area contributed by atoms with Crippen molar-refractivity contribution in [3.63, 3.8) is 0 Å². The van der Waals surface area contributed by atoms with Crippen LogP contribution in [0.4, 0.5) is 19.0 Å². The standard InChI is InChI=1S/C30H36F3N3O/c1-5-28(6-2,22-14-16-23(17-15-22)30(31,32)33)19-26(37)24-20-34-36-27(24)35-25(18-29(36,7-3)8-4)21-12-10-9-11-13-21/h9-17,20,25,35H,5-8,18-19H2,1-4H3. The molecule has 7 heteroatoms. The predicted octanol–water partition coefficient (Wildman–Crippen LogP) is 8.30. The van der Waals surface area contributed by atoms with E-state index in [-0.39, 0.29) is 23.8 Å². The second kappa shape index (κ2) is 10.3. The lowest BCUT2D eigenvalue weighted by atomic mass is 9.71. The van der Waals surface area contributed by atoms with Crippen LogP contribution in [0.15, 0.2) is 60.8 Å². The van der Waals surface area contributed by atoms with E-state index in [4.69, 9.17) is 5.10 Å². The van der Waals surface area contributed by atoms with E-state index in [1.807, 2.05) is 36.7 Å². The van der Waals surface area contributed by atoms with Crippen LogP contribution in [0, 0.1) is 0 Å². The molecule has 1 unspecified atom stereocenters. The average molecular weight is 512 g/mol. The Bertz CT molecular complexity index is 1210. The summed E-state index contributed by atoms with van der Waals surface area (Å²) in [6.45, 7) is 8.30. The van der Waals surface area contributed by atoms with Gasteiger partial charge < -0.3 is 5.32 Å². The molecule has 1 aliphatic heterocycles. The number of fused-ring (bicyclic) bond motifs is 1. The van der Waals surface area contributed by atoms with Gasteiger partial charge in [-0.2, -0.15) is 18.3 Å². The number of hydrogen-bond donors (Lipinski definition) is 1. The Labute approximate surface area is 217 Å². The van der Waals surface area contributed by atoms with Gasteiger partial charge in [-0.3, -0.25) is 4.79 Å². The number of carbonyl (C=O) groups is 1.